The smallest absolute Gasteiger partial charge is 0.0128 e. The summed E-state index contributed by atoms with van der Waals surface area (Å²) < 4.78 is 0. The maximum atomic E-state index is 2.37. The van der Waals surface area contributed by atoms with Gasteiger partial charge in [-0.2, -0.15) is 0 Å². The van der Waals surface area contributed by atoms with Gasteiger partial charge in [0.15, 0.2) is 0 Å². The van der Waals surface area contributed by atoms with E-state index in [0.29, 0.717) is 23.7 Å². The van der Waals surface area contributed by atoms with Crippen molar-refractivity contribution in [1.82, 2.24) is 0 Å². The molecule has 0 heterocycles. The van der Waals surface area contributed by atoms with Gasteiger partial charge >= 0.3 is 0 Å². The van der Waals surface area contributed by atoms with Crippen molar-refractivity contribution in [3.63, 3.8) is 0 Å². The van der Waals surface area contributed by atoms with Crippen LogP contribution in [-0.2, 0) is 0 Å². The van der Waals surface area contributed by atoms with Gasteiger partial charge in [0.25, 0.3) is 0 Å². The van der Waals surface area contributed by atoms with Gasteiger partial charge in [-0.3, -0.25) is 0 Å². The topological polar surface area (TPSA) is 0 Å². The van der Waals surface area contributed by atoms with E-state index in [-0.39, 0.29) is 0 Å². The highest BCUT2D eigenvalue weighted by Crippen LogP contribution is 2.52. The predicted molar refractivity (Wildman–Crippen MR) is 96.7 cm³/mol. The van der Waals surface area contributed by atoms with Gasteiger partial charge in [0.05, 0.1) is 0 Å². The third kappa shape index (κ3) is 2.20. The van der Waals surface area contributed by atoms with Crippen LogP contribution in [0.5, 0.6) is 0 Å². The molecule has 0 aliphatic heterocycles. The molecule has 1 atom stereocenters. The molecular formula is C22H28. The Morgan fingerprint density at radius 3 is 2.00 bits per heavy atom. The van der Waals surface area contributed by atoms with E-state index in [9.17, 15) is 0 Å². The zero-order valence-electron chi connectivity index (χ0n) is 14.8. The van der Waals surface area contributed by atoms with E-state index in [1.54, 1.807) is 11.1 Å². The average molecular weight is 292 g/mol. The minimum absolute atomic E-state index is 0.544. The molecule has 0 saturated heterocycles. The summed E-state index contributed by atoms with van der Waals surface area (Å²) in [6.45, 7) is 14.1. The summed E-state index contributed by atoms with van der Waals surface area (Å²) in [5.74, 6) is 2.33. The Balaban J connectivity index is 2.35. The van der Waals surface area contributed by atoms with Crippen LogP contribution >= 0.6 is 0 Å². The van der Waals surface area contributed by atoms with Crippen molar-refractivity contribution in [3.05, 3.63) is 58.7 Å². The molecule has 0 radical (unpaired) electrons. The van der Waals surface area contributed by atoms with Gasteiger partial charge in [0.1, 0.15) is 0 Å². The Morgan fingerprint density at radius 1 is 0.727 bits per heavy atom. The monoisotopic (exact) mass is 292 g/mol. The Hall–Kier alpha value is -1.56. The molecule has 0 amide bonds. The van der Waals surface area contributed by atoms with E-state index in [2.05, 4.69) is 77.9 Å². The van der Waals surface area contributed by atoms with Gasteiger partial charge in [-0.15, -0.1) is 0 Å². The number of fused-ring (bicyclic) bond motifs is 3. The largest absolute Gasteiger partial charge is 0.0619 e. The lowest BCUT2D eigenvalue weighted by Crippen LogP contribution is -2.11. The van der Waals surface area contributed by atoms with Gasteiger partial charge in [-0.25, -0.2) is 0 Å². The van der Waals surface area contributed by atoms with E-state index in [1.165, 1.54) is 22.3 Å². The average Bonchev–Trinajstić information content (AvgIpc) is 2.80. The summed E-state index contributed by atoms with van der Waals surface area (Å²) in [6.07, 6.45) is 0. The third-order valence-corrected chi connectivity index (χ3v) is 5.08. The fraction of sp³-hybridized carbons (Fsp3) is 0.455. The molecule has 0 fully saturated rings. The SMILES string of the molecule is CC(C)c1ccc2c(c1C(C)C)C(C(C)C)c1ccccc1-2. The molecule has 0 saturated carbocycles. The Labute approximate surface area is 135 Å². The summed E-state index contributed by atoms with van der Waals surface area (Å²) in [5, 5.41) is 0. The lowest BCUT2D eigenvalue weighted by molar-refractivity contribution is 0.565. The van der Waals surface area contributed by atoms with Gasteiger partial charge in [-0.1, -0.05) is 77.9 Å². The van der Waals surface area contributed by atoms with E-state index >= 15 is 0 Å². The molecule has 2 aromatic carbocycles. The Morgan fingerprint density at radius 2 is 1.41 bits per heavy atom. The second-order valence-corrected chi connectivity index (χ2v) is 7.65. The van der Waals surface area contributed by atoms with E-state index in [1.807, 2.05) is 0 Å². The van der Waals surface area contributed by atoms with Crippen molar-refractivity contribution < 1.29 is 0 Å². The summed E-state index contributed by atoms with van der Waals surface area (Å²) >= 11 is 0. The fourth-order valence-corrected chi connectivity index (χ4v) is 4.23. The van der Waals surface area contributed by atoms with E-state index in [4.69, 9.17) is 0 Å². The van der Waals surface area contributed by atoms with Crippen molar-refractivity contribution in [1.29, 1.82) is 0 Å². The molecule has 1 aliphatic rings. The van der Waals surface area contributed by atoms with Crippen LogP contribution < -0.4 is 0 Å². The number of rotatable bonds is 3. The van der Waals surface area contributed by atoms with Crippen molar-refractivity contribution >= 4 is 0 Å². The first-order valence-electron chi connectivity index (χ1n) is 8.69. The molecule has 0 N–H and O–H groups in total. The standard InChI is InChI=1S/C22H28/c1-13(2)16-11-12-19-17-9-7-8-10-18(17)21(15(5)6)22(19)20(16)14(3)4/h7-15,21H,1-6H3. The highest BCUT2D eigenvalue weighted by Gasteiger charge is 2.34. The van der Waals surface area contributed by atoms with Crippen LogP contribution in [0.3, 0.4) is 0 Å². The zero-order valence-corrected chi connectivity index (χ0v) is 14.8. The second kappa shape index (κ2) is 5.57. The van der Waals surface area contributed by atoms with Gasteiger partial charge in [-0.05, 0) is 51.1 Å². The van der Waals surface area contributed by atoms with Gasteiger partial charge in [0.2, 0.25) is 0 Å². The fourth-order valence-electron chi connectivity index (χ4n) is 4.23. The van der Waals surface area contributed by atoms with Crippen LogP contribution in [0.4, 0.5) is 0 Å². The van der Waals surface area contributed by atoms with Crippen LogP contribution in [0.1, 0.15) is 81.5 Å². The maximum Gasteiger partial charge on any atom is 0.0128 e. The second-order valence-electron chi connectivity index (χ2n) is 7.65. The van der Waals surface area contributed by atoms with Gasteiger partial charge < -0.3 is 0 Å². The summed E-state index contributed by atoms with van der Waals surface area (Å²) in [7, 11) is 0. The lowest BCUT2D eigenvalue weighted by Gasteiger charge is -2.26. The van der Waals surface area contributed by atoms with Crippen LogP contribution in [0, 0.1) is 5.92 Å². The molecule has 0 heteroatoms. The molecule has 2 aromatic rings. The molecule has 1 aliphatic carbocycles. The predicted octanol–water partition coefficient (Wildman–Crippen LogP) is 6.70. The van der Waals surface area contributed by atoms with Crippen LogP contribution in [-0.4, -0.2) is 0 Å². The maximum absolute atomic E-state index is 2.37. The van der Waals surface area contributed by atoms with Crippen molar-refractivity contribution in [2.75, 3.05) is 0 Å². The Bertz CT molecular complexity index is 689. The molecule has 0 nitrogen and oxygen atoms in total. The lowest BCUT2D eigenvalue weighted by atomic mass is 9.78. The first kappa shape index (κ1) is 15.3. The molecule has 22 heavy (non-hydrogen) atoms. The summed E-state index contributed by atoms with van der Waals surface area (Å²) in [4.78, 5) is 0. The molecule has 116 valence electrons. The highest BCUT2D eigenvalue weighted by atomic mass is 14.4. The van der Waals surface area contributed by atoms with Crippen LogP contribution in [0.15, 0.2) is 36.4 Å². The van der Waals surface area contributed by atoms with Crippen LogP contribution in [0.25, 0.3) is 11.1 Å². The molecule has 0 aromatic heterocycles. The normalized spacial score (nSPS) is 16.5. The van der Waals surface area contributed by atoms with Crippen molar-refractivity contribution in [3.8, 4) is 11.1 Å². The molecule has 3 rings (SSSR count). The quantitative estimate of drug-likeness (QED) is 0.590. The molecule has 1 unspecified atom stereocenters. The van der Waals surface area contributed by atoms with Gasteiger partial charge in [0, 0.05) is 5.92 Å². The third-order valence-electron chi connectivity index (χ3n) is 5.08. The number of benzene rings is 2. The van der Waals surface area contributed by atoms with E-state index in [0.717, 1.165) is 0 Å². The molecule has 0 spiro atoms. The number of hydrogen-bond acceptors (Lipinski definition) is 0. The van der Waals surface area contributed by atoms with Crippen LogP contribution in [0.2, 0.25) is 0 Å². The summed E-state index contributed by atoms with van der Waals surface area (Å²) in [5.41, 5.74) is 9.19. The highest BCUT2D eigenvalue weighted by molar-refractivity contribution is 5.81. The number of hydrogen-bond donors (Lipinski definition) is 0. The Kier molecular flexibility index (Phi) is 3.89. The zero-order chi connectivity index (χ0) is 16.0. The van der Waals surface area contributed by atoms with E-state index < -0.39 is 0 Å². The molecular weight excluding hydrogens is 264 g/mol. The first-order chi connectivity index (χ1) is 10.4. The van der Waals surface area contributed by atoms with Crippen molar-refractivity contribution in [2.45, 2.75) is 59.3 Å². The first-order valence-corrected chi connectivity index (χ1v) is 8.69. The molecule has 0 bridgehead atoms. The summed E-state index contributed by atoms with van der Waals surface area (Å²) in [6, 6.07) is 13.8. The van der Waals surface area contributed by atoms with Crippen molar-refractivity contribution in [2.24, 2.45) is 5.92 Å². The minimum Gasteiger partial charge on any atom is -0.0619 e. The minimum atomic E-state index is 0.544.